The molecule has 0 aromatic heterocycles. The second-order valence-corrected chi connectivity index (χ2v) is 9.52. The lowest BCUT2D eigenvalue weighted by atomic mass is 10.0. The molecule has 11 heteroatoms. The molecule has 2 aromatic carbocycles. The van der Waals surface area contributed by atoms with Crippen LogP contribution in [0.1, 0.15) is 30.4 Å². The van der Waals surface area contributed by atoms with Crippen molar-refractivity contribution in [2.24, 2.45) is 0 Å². The van der Waals surface area contributed by atoms with Crippen molar-refractivity contribution in [3.63, 3.8) is 0 Å². The molecular weight excluding hydrogens is 514 g/mol. The van der Waals surface area contributed by atoms with E-state index in [1.165, 1.54) is 21.3 Å². The predicted octanol–water partition coefficient (Wildman–Crippen LogP) is 3.66. The molecule has 2 fully saturated rings. The van der Waals surface area contributed by atoms with Crippen molar-refractivity contribution in [3.8, 4) is 28.7 Å². The van der Waals surface area contributed by atoms with E-state index in [1.54, 1.807) is 19.1 Å². The lowest BCUT2D eigenvalue weighted by Gasteiger charge is -2.41. The van der Waals surface area contributed by atoms with Crippen molar-refractivity contribution in [3.05, 3.63) is 41.5 Å². The molecule has 0 aliphatic carbocycles. The number of alkyl halides is 2. The van der Waals surface area contributed by atoms with Gasteiger partial charge in [-0.2, -0.15) is 8.78 Å². The molecule has 2 amide bonds. The Bertz CT molecular complexity index is 1200. The average Bonchev–Trinajstić information content (AvgIpc) is 3.30. The van der Waals surface area contributed by atoms with Gasteiger partial charge in [0, 0.05) is 18.7 Å². The number of benzene rings is 2. The van der Waals surface area contributed by atoms with Crippen LogP contribution in [0.4, 0.5) is 8.78 Å². The van der Waals surface area contributed by atoms with E-state index >= 15 is 8.78 Å². The van der Waals surface area contributed by atoms with E-state index in [-0.39, 0.29) is 29.7 Å². The third-order valence-corrected chi connectivity index (χ3v) is 7.40. The smallest absolute Gasteiger partial charge is 0.350 e. The topological polar surface area (TPSA) is 86.8 Å². The Morgan fingerprint density at radius 1 is 0.897 bits per heavy atom. The SMILES string of the molecule is COc1ccc(CCCN2C[C@H]3CC[C@@H](C2=O)N3C(=O)C(F)(F)c2cc(OC)c(OC)c(OC)c2)cc1OC. The number of ether oxygens (including phenoxy) is 5. The number of hydrogen-bond donors (Lipinski definition) is 0. The molecule has 2 aliphatic rings. The van der Waals surface area contributed by atoms with Crippen LogP contribution in [0.15, 0.2) is 30.3 Å². The van der Waals surface area contributed by atoms with Crippen LogP contribution in [-0.2, 0) is 21.9 Å². The number of halogens is 2. The molecule has 39 heavy (non-hydrogen) atoms. The van der Waals surface area contributed by atoms with Crippen molar-refractivity contribution < 1.29 is 42.1 Å². The quantitative estimate of drug-likeness (QED) is 0.424. The molecule has 2 bridgehead atoms. The van der Waals surface area contributed by atoms with Gasteiger partial charge in [0.2, 0.25) is 11.7 Å². The van der Waals surface area contributed by atoms with E-state index < -0.39 is 29.5 Å². The van der Waals surface area contributed by atoms with Gasteiger partial charge in [0.1, 0.15) is 6.04 Å². The predicted molar refractivity (Wildman–Crippen MR) is 138 cm³/mol. The first-order valence-electron chi connectivity index (χ1n) is 12.7. The molecule has 2 aromatic rings. The highest BCUT2D eigenvalue weighted by atomic mass is 19.3. The number of carbonyl (C=O) groups excluding carboxylic acids is 2. The van der Waals surface area contributed by atoms with E-state index in [9.17, 15) is 9.59 Å². The zero-order chi connectivity index (χ0) is 28.3. The molecule has 0 unspecified atom stereocenters. The Hall–Kier alpha value is -3.76. The molecule has 2 heterocycles. The highest BCUT2D eigenvalue weighted by Gasteiger charge is 2.55. The van der Waals surface area contributed by atoms with Crippen LogP contribution >= 0.6 is 0 Å². The number of hydrogen-bond acceptors (Lipinski definition) is 7. The summed E-state index contributed by atoms with van der Waals surface area (Å²) in [7, 11) is 7.12. The van der Waals surface area contributed by atoms with E-state index in [1.807, 2.05) is 18.2 Å². The van der Waals surface area contributed by atoms with E-state index in [4.69, 9.17) is 23.7 Å². The van der Waals surface area contributed by atoms with Crippen LogP contribution < -0.4 is 23.7 Å². The third kappa shape index (κ3) is 5.26. The number of likely N-dealkylation sites (tertiary alicyclic amines) is 1. The Kier molecular flexibility index (Phi) is 8.36. The summed E-state index contributed by atoms with van der Waals surface area (Å²) in [5.41, 5.74) is 0.438. The number of nitrogens with zero attached hydrogens (tertiary/aromatic N) is 2. The summed E-state index contributed by atoms with van der Waals surface area (Å²) in [6, 6.07) is 6.40. The van der Waals surface area contributed by atoms with Crippen molar-refractivity contribution in [1.29, 1.82) is 0 Å². The van der Waals surface area contributed by atoms with Gasteiger partial charge < -0.3 is 33.5 Å². The van der Waals surface area contributed by atoms with Crippen LogP contribution in [0.25, 0.3) is 0 Å². The van der Waals surface area contributed by atoms with Crippen LogP contribution in [0.5, 0.6) is 28.7 Å². The fourth-order valence-corrected chi connectivity index (χ4v) is 5.43. The molecule has 4 rings (SSSR count). The molecule has 2 saturated heterocycles. The lowest BCUT2D eigenvalue weighted by Crippen LogP contribution is -2.61. The number of rotatable bonds is 11. The molecule has 212 valence electrons. The Labute approximate surface area is 226 Å². The third-order valence-electron chi connectivity index (χ3n) is 7.40. The summed E-state index contributed by atoms with van der Waals surface area (Å²) in [4.78, 5) is 29.3. The summed E-state index contributed by atoms with van der Waals surface area (Å²) in [6.07, 6.45) is 2.21. The maximum Gasteiger partial charge on any atom is 0.350 e. The van der Waals surface area contributed by atoms with E-state index in [0.29, 0.717) is 43.7 Å². The molecule has 2 atom stereocenters. The minimum absolute atomic E-state index is 0.0117. The minimum Gasteiger partial charge on any atom is -0.493 e. The molecular formula is C28H34F2N2O7. The van der Waals surface area contributed by atoms with Crippen LogP contribution in [0.3, 0.4) is 0 Å². The zero-order valence-electron chi connectivity index (χ0n) is 22.8. The first kappa shape index (κ1) is 28.3. The largest absolute Gasteiger partial charge is 0.493 e. The second-order valence-electron chi connectivity index (χ2n) is 9.52. The number of fused-ring (bicyclic) bond motifs is 2. The normalized spacial score (nSPS) is 18.7. The van der Waals surface area contributed by atoms with Gasteiger partial charge in [-0.1, -0.05) is 6.07 Å². The maximum absolute atomic E-state index is 15.6. The van der Waals surface area contributed by atoms with Gasteiger partial charge >= 0.3 is 5.92 Å². The van der Waals surface area contributed by atoms with Gasteiger partial charge in [0.05, 0.1) is 41.6 Å². The van der Waals surface area contributed by atoms with Crippen LogP contribution in [0.2, 0.25) is 0 Å². The molecule has 0 saturated carbocycles. The van der Waals surface area contributed by atoms with Crippen molar-refractivity contribution in [2.45, 2.75) is 43.7 Å². The summed E-state index contributed by atoms with van der Waals surface area (Å²) in [6.45, 7) is 0.684. The maximum atomic E-state index is 15.6. The molecule has 0 N–H and O–H groups in total. The standard InChI is InChI=1S/C28H34F2N2O7/c1-35-21-11-8-17(13-22(21)36-2)7-6-12-31-16-19-9-10-20(26(31)33)32(19)27(34)28(29,30)18-14-23(37-3)25(39-5)24(15-18)38-4/h8,11,13-15,19-20H,6-7,9-10,12,16H2,1-5H3/t19-,20+/m1/s1. The summed E-state index contributed by atoms with van der Waals surface area (Å²) >= 11 is 0. The van der Waals surface area contributed by atoms with Gasteiger partial charge in [-0.15, -0.1) is 0 Å². The lowest BCUT2D eigenvalue weighted by molar-refractivity contribution is -0.170. The van der Waals surface area contributed by atoms with Gasteiger partial charge in [-0.25, -0.2) is 0 Å². The van der Waals surface area contributed by atoms with E-state index in [0.717, 1.165) is 22.6 Å². The Balaban J connectivity index is 1.46. The van der Waals surface area contributed by atoms with Gasteiger partial charge in [0.25, 0.3) is 5.91 Å². The van der Waals surface area contributed by atoms with Crippen LogP contribution in [0, 0.1) is 0 Å². The number of aryl methyl sites for hydroxylation is 1. The van der Waals surface area contributed by atoms with Gasteiger partial charge in [-0.05, 0) is 55.5 Å². The highest BCUT2D eigenvalue weighted by Crippen LogP contribution is 2.44. The minimum atomic E-state index is -3.90. The van der Waals surface area contributed by atoms with Crippen molar-refractivity contribution >= 4 is 11.8 Å². The number of amides is 2. The summed E-state index contributed by atoms with van der Waals surface area (Å²) in [5.74, 6) is -4.17. The summed E-state index contributed by atoms with van der Waals surface area (Å²) < 4.78 is 57.4. The average molecular weight is 549 g/mol. The Morgan fingerprint density at radius 3 is 2.13 bits per heavy atom. The number of methoxy groups -OCH3 is 5. The fourth-order valence-electron chi connectivity index (χ4n) is 5.43. The summed E-state index contributed by atoms with van der Waals surface area (Å²) in [5, 5.41) is 0. The molecule has 9 nitrogen and oxygen atoms in total. The fraction of sp³-hybridized carbons (Fsp3) is 0.500. The van der Waals surface area contributed by atoms with E-state index in [2.05, 4.69) is 0 Å². The Morgan fingerprint density at radius 2 is 1.54 bits per heavy atom. The number of piperazine rings is 1. The van der Waals surface area contributed by atoms with Crippen molar-refractivity contribution in [1.82, 2.24) is 9.80 Å². The van der Waals surface area contributed by atoms with Gasteiger partial charge in [-0.3, -0.25) is 9.59 Å². The first-order chi connectivity index (χ1) is 18.7. The van der Waals surface area contributed by atoms with Crippen molar-refractivity contribution in [2.75, 3.05) is 48.6 Å². The second kappa shape index (κ2) is 11.5. The van der Waals surface area contributed by atoms with Crippen LogP contribution in [-0.4, -0.2) is 82.3 Å². The monoisotopic (exact) mass is 548 g/mol. The number of carbonyl (C=O) groups is 2. The van der Waals surface area contributed by atoms with Gasteiger partial charge in [0.15, 0.2) is 23.0 Å². The molecule has 2 aliphatic heterocycles. The molecule has 0 spiro atoms. The molecule has 0 radical (unpaired) electrons. The first-order valence-corrected chi connectivity index (χ1v) is 12.7. The highest BCUT2D eigenvalue weighted by molar-refractivity contribution is 5.93. The zero-order valence-corrected chi connectivity index (χ0v) is 22.8.